The molecule has 0 saturated carbocycles. The number of carbonyl (C=O) groups excluding carboxylic acids is 1. The van der Waals surface area contributed by atoms with Gasteiger partial charge in [-0.3, -0.25) is 4.79 Å². The van der Waals surface area contributed by atoms with Crippen LogP contribution >= 0.6 is 11.6 Å². The van der Waals surface area contributed by atoms with Crippen LogP contribution in [0.1, 0.15) is 33.1 Å². The molecule has 5 nitrogen and oxygen atoms in total. The number of halogens is 2. The van der Waals surface area contributed by atoms with Crippen molar-refractivity contribution < 1.29 is 23.8 Å². The average molecular weight is 356 g/mol. The van der Waals surface area contributed by atoms with Gasteiger partial charge in [0, 0.05) is 17.2 Å². The summed E-state index contributed by atoms with van der Waals surface area (Å²) in [4.78, 5) is 23.9. The number of carboxylic acids is 1. The van der Waals surface area contributed by atoms with Crippen molar-refractivity contribution in [1.82, 2.24) is 0 Å². The number of rotatable bonds is 5. The molecule has 0 aromatic heterocycles. The fourth-order valence-electron chi connectivity index (χ4n) is 2.83. The van der Waals surface area contributed by atoms with E-state index in [0.29, 0.717) is 25.9 Å². The monoisotopic (exact) mass is 355 g/mol. The molecular weight excluding hydrogens is 337 g/mol. The van der Waals surface area contributed by atoms with Crippen molar-refractivity contribution in [3.63, 3.8) is 0 Å². The zero-order valence-electron chi connectivity index (χ0n) is 13.5. The smallest absolute Gasteiger partial charge is 0.332 e. The van der Waals surface area contributed by atoms with Gasteiger partial charge in [-0.1, -0.05) is 18.5 Å². The van der Waals surface area contributed by atoms with Crippen LogP contribution < -0.4 is 10.1 Å². The first-order valence-corrected chi connectivity index (χ1v) is 8.12. The summed E-state index contributed by atoms with van der Waals surface area (Å²) in [5.74, 6) is -2.40. The first-order valence-electron chi connectivity index (χ1n) is 7.74. The van der Waals surface area contributed by atoms with Crippen LogP contribution in [0, 0.1) is 11.7 Å². The van der Waals surface area contributed by atoms with Crippen LogP contribution in [0.25, 0.3) is 0 Å². The van der Waals surface area contributed by atoms with Gasteiger partial charge in [0.25, 0.3) is 5.91 Å². The van der Waals surface area contributed by atoms with Gasteiger partial charge < -0.3 is 15.2 Å². The standard InChI is InChI=1S/C17H19ClFNO4/c1-3-24-14-8-13(12(19)7-11(14)18)20-16(21)10-6-4-5-9(2)15(10)17(22)23/h7-9H,3-6H2,1-2H3,(H,20,21)(H,22,23). The van der Waals surface area contributed by atoms with Crippen LogP contribution in [0.15, 0.2) is 23.3 Å². The molecule has 1 amide bonds. The van der Waals surface area contributed by atoms with Crippen LogP contribution in [-0.2, 0) is 9.59 Å². The summed E-state index contributed by atoms with van der Waals surface area (Å²) >= 11 is 5.88. The van der Waals surface area contributed by atoms with E-state index in [9.17, 15) is 19.1 Å². The highest BCUT2D eigenvalue weighted by molar-refractivity contribution is 6.32. The van der Waals surface area contributed by atoms with E-state index in [2.05, 4.69) is 5.32 Å². The lowest BCUT2D eigenvalue weighted by Crippen LogP contribution is -2.25. The van der Waals surface area contributed by atoms with Crippen LogP contribution in [0.3, 0.4) is 0 Å². The van der Waals surface area contributed by atoms with E-state index >= 15 is 0 Å². The second kappa shape index (κ2) is 7.66. The van der Waals surface area contributed by atoms with Crippen LogP contribution in [0.5, 0.6) is 5.75 Å². The number of nitrogens with one attached hydrogen (secondary N) is 1. The maximum atomic E-state index is 14.0. The third-order valence-corrected chi connectivity index (χ3v) is 4.25. The van der Waals surface area contributed by atoms with Crippen molar-refractivity contribution >= 4 is 29.2 Å². The molecule has 0 bridgehead atoms. The summed E-state index contributed by atoms with van der Waals surface area (Å²) in [6.45, 7) is 3.86. The maximum absolute atomic E-state index is 14.0. The number of anilines is 1. The molecule has 2 N–H and O–H groups in total. The first kappa shape index (κ1) is 18.3. The quantitative estimate of drug-likeness (QED) is 0.836. The molecule has 24 heavy (non-hydrogen) atoms. The predicted octanol–water partition coefficient (Wildman–Crippen LogP) is 4.02. The fraction of sp³-hybridized carbons (Fsp3) is 0.412. The van der Waals surface area contributed by atoms with E-state index in [1.807, 2.05) is 0 Å². The lowest BCUT2D eigenvalue weighted by Gasteiger charge is -2.23. The molecule has 1 unspecified atom stereocenters. The summed E-state index contributed by atoms with van der Waals surface area (Å²) in [6, 6.07) is 2.35. The highest BCUT2D eigenvalue weighted by Gasteiger charge is 2.29. The molecule has 0 heterocycles. The molecule has 1 aromatic rings. The maximum Gasteiger partial charge on any atom is 0.332 e. The first-order chi connectivity index (χ1) is 11.3. The van der Waals surface area contributed by atoms with Gasteiger partial charge in [0.1, 0.15) is 11.6 Å². The number of ether oxygens (including phenoxy) is 1. The Labute approximate surface area is 144 Å². The van der Waals surface area contributed by atoms with Crippen molar-refractivity contribution in [3.8, 4) is 5.75 Å². The lowest BCUT2D eigenvalue weighted by atomic mass is 9.83. The molecule has 0 radical (unpaired) electrons. The zero-order valence-corrected chi connectivity index (χ0v) is 14.2. The summed E-state index contributed by atoms with van der Waals surface area (Å²) in [5, 5.41) is 11.9. The van der Waals surface area contributed by atoms with Crippen LogP contribution in [0.4, 0.5) is 10.1 Å². The van der Waals surface area contributed by atoms with Crippen molar-refractivity contribution in [3.05, 3.63) is 34.1 Å². The topological polar surface area (TPSA) is 75.6 Å². The SMILES string of the molecule is CCOc1cc(NC(=O)C2=C(C(=O)O)C(C)CCC2)c(F)cc1Cl. The van der Waals surface area contributed by atoms with E-state index in [4.69, 9.17) is 16.3 Å². The van der Waals surface area contributed by atoms with Crippen molar-refractivity contribution in [2.75, 3.05) is 11.9 Å². The minimum atomic E-state index is -1.11. The Kier molecular flexibility index (Phi) is 5.83. The fourth-order valence-corrected chi connectivity index (χ4v) is 3.03. The number of hydrogen-bond acceptors (Lipinski definition) is 3. The molecule has 0 aliphatic heterocycles. The Balaban J connectivity index is 2.33. The molecule has 0 spiro atoms. The Morgan fingerprint density at radius 2 is 2.17 bits per heavy atom. The average Bonchev–Trinajstić information content (AvgIpc) is 2.51. The number of carbonyl (C=O) groups is 2. The largest absolute Gasteiger partial charge is 0.492 e. The third kappa shape index (κ3) is 3.87. The van der Waals surface area contributed by atoms with E-state index in [0.717, 1.165) is 6.07 Å². The molecule has 1 aliphatic carbocycles. The molecule has 1 aromatic carbocycles. The molecule has 1 atom stereocenters. The van der Waals surface area contributed by atoms with E-state index in [-0.39, 0.29) is 33.5 Å². The molecule has 0 saturated heterocycles. The van der Waals surface area contributed by atoms with Crippen molar-refractivity contribution in [1.29, 1.82) is 0 Å². The van der Waals surface area contributed by atoms with Gasteiger partial charge in [0.15, 0.2) is 0 Å². The van der Waals surface area contributed by atoms with Crippen LogP contribution in [0.2, 0.25) is 5.02 Å². The number of carboxylic acid groups (broad SMARTS) is 1. The normalized spacial score (nSPS) is 17.6. The molecule has 0 fully saturated rings. The Bertz CT molecular complexity index is 702. The lowest BCUT2D eigenvalue weighted by molar-refractivity contribution is -0.133. The number of benzene rings is 1. The Morgan fingerprint density at radius 3 is 2.79 bits per heavy atom. The van der Waals surface area contributed by atoms with E-state index in [1.165, 1.54) is 6.07 Å². The summed E-state index contributed by atoms with van der Waals surface area (Å²) in [7, 11) is 0. The molecule has 7 heteroatoms. The number of aliphatic carboxylic acids is 1. The summed E-state index contributed by atoms with van der Waals surface area (Å²) in [5.41, 5.74) is 0.190. The van der Waals surface area contributed by atoms with E-state index < -0.39 is 17.7 Å². The molecule has 1 aliphatic rings. The van der Waals surface area contributed by atoms with Crippen molar-refractivity contribution in [2.24, 2.45) is 5.92 Å². The van der Waals surface area contributed by atoms with Crippen molar-refractivity contribution in [2.45, 2.75) is 33.1 Å². The van der Waals surface area contributed by atoms with Gasteiger partial charge in [0.2, 0.25) is 0 Å². The number of amides is 1. The predicted molar refractivity (Wildman–Crippen MR) is 88.9 cm³/mol. The Hall–Kier alpha value is -2.08. The zero-order chi connectivity index (χ0) is 17.9. The second-order valence-corrected chi connectivity index (χ2v) is 6.05. The second-order valence-electron chi connectivity index (χ2n) is 5.64. The summed E-state index contributed by atoms with van der Waals surface area (Å²) in [6.07, 6.45) is 1.78. The third-order valence-electron chi connectivity index (χ3n) is 3.96. The highest BCUT2D eigenvalue weighted by atomic mass is 35.5. The van der Waals surface area contributed by atoms with E-state index in [1.54, 1.807) is 13.8 Å². The highest BCUT2D eigenvalue weighted by Crippen LogP contribution is 2.33. The summed E-state index contributed by atoms with van der Waals surface area (Å²) < 4.78 is 19.3. The Morgan fingerprint density at radius 1 is 1.46 bits per heavy atom. The number of hydrogen-bond donors (Lipinski definition) is 2. The van der Waals surface area contributed by atoms with Gasteiger partial charge in [-0.05, 0) is 38.2 Å². The van der Waals surface area contributed by atoms with Gasteiger partial charge in [-0.2, -0.15) is 0 Å². The van der Waals surface area contributed by atoms with Gasteiger partial charge >= 0.3 is 5.97 Å². The van der Waals surface area contributed by atoms with Gasteiger partial charge in [-0.25, -0.2) is 9.18 Å². The van der Waals surface area contributed by atoms with Gasteiger partial charge in [-0.15, -0.1) is 0 Å². The van der Waals surface area contributed by atoms with Gasteiger partial charge in [0.05, 0.1) is 17.3 Å². The minimum absolute atomic E-state index is 0.0942. The van der Waals surface area contributed by atoms with Crippen LogP contribution in [-0.4, -0.2) is 23.6 Å². The molecule has 2 rings (SSSR count). The minimum Gasteiger partial charge on any atom is -0.492 e. The molecular formula is C17H19ClFNO4. The molecule has 130 valence electrons.